The van der Waals surface area contributed by atoms with Crippen LogP contribution in [0.4, 0.5) is 0 Å². The monoisotopic (exact) mass is 531 g/mol. The van der Waals surface area contributed by atoms with Crippen LogP contribution in [-0.2, 0) is 9.59 Å². The Bertz CT molecular complexity index is 707. The topological polar surface area (TPSA) is 67.9 Å². The third kappa shape index (κ3) is 8.49. The highest BCUT2D eigenvalue weighted by molar-refractivity contribution is 5.89. The lowest BCUT2D eigenvalue weighted by Gasteiger charge is -2.39. The largest absolute Gasteiger partial charge is 0.361 e. The van der Waals surface area contributed by atoms with Gasteiger partial charge in [-0.15, -0.1) is 0 Å². The Morgan fingerprint density at radius 3 is 1.42 bits per heavy atom. The maximum absolute atomic E-state index is 13.5. The molecule has 0 aromatic heterocycles. The molecule has 7 heteroatoms. The molecule has 0 saturated carbocycles. The lowest BCUT2D eigenvalue weighted by Crippen LogP contribution is -2.58. The molecular formula is C31H57N5O2. The number of Topliss-reactive ketones (excluding diaryl/α,β-unsaturated/α-hetero) is 2. The number of hydrogen-bond donors (Lipinski definition) is 2. The molecule has 0 bridgehead atoms. The Hall–Kier alpha value is -2.02. The van der Waals surface area contributed by atoms with Gasteiger partial charge in [0.15, 0.2) is 22.9 Å². The second-order valence-electron chi connectivity index (χ2n) is 11.3. The summed E-state index contributed by atoms with van der Waals surface area (Å²) in [6.07, 6.45) is 21.3. The van der Waals surface area contributed by atoms with Crippen LogP contribution in [0.5, 0.6) is 0 Å². The number of carbonyl (C=O) groups is 2. The first-order chi connectivity index (χ1) is 18.4. The second-order valence-corrected chi connectivity index (χ2v) is 11.3. The van der Waals surface area contributed by atoms with Crippen LogP contribution in [0.25, 0.3) is 0 Å². The van der Waals surface area contributed by atoms with Gasteiger partial charge in [0, 0.05) is 50.7 Å². The summed E-state index contributed by atoms with van der Waals surface area (Å²) in [7, 11) is 2.11. The molecule has 0 radical (unpaired) electrons. The molecule has 2 aliphatic heterocycles. The van der Waals surface area contributed by atoms with Crippen molar-refractivity contribution in [2.75, 3.05) is 33.2 Å². The van der Waals surface area contributed by atoms with Gasteiger partial charge in [0.05, 0.1) is 0 Å². The third-order valence-corrected chi connectivity index (χ3v) is 8.23. The Balaban J connectivity index is 1.82. The summed E-state index contributed by atoms with van der Waals surface area (Å²) < 4.78 is 0. The Morgan fingerprint density at radius 1 is 0.658 bits per heavy atom. The summed E-state index contributed by atoms with van der Waals surface area (Å²) in [5.74, 6) is 0.612. The molecule has 218 valence electrons. The number of ketones is 2. The molecule has 0 aromatic rings. The number of nitrogens with zero attached hydrogens (tertiary/aromatic N) is 3. The number of carbonyl (C=O) groups excluding carboxylic acids is 2. The van der Waals surface area contributed by atoms with Crippen LogP contribution in [0.15, 0.2) is 24.8 Å². The third-order valence-electron chi connectivity index (χ3n) is 8.23. The van der Waals surface area contributed by atoms with Crippen molar-refractivity contribution in [2.24, 2.45) is 0 Å². The van der Waals surface area contributed by atoms with Crippen LogP contribution in [0, 0.1) is 0 Å². The van der Waals surface area contributed by atoms with Crippen LogP contribution in [0.2, 0.25) is 0 Å². The van der Waals surface area contributed by atoms with Gasteiger partial charge in [0.25, 0.3) is 0 Å². The molecule has 2 atom stereocenters. The van der Waals surface area contributed by atoms with Crippen LogP contribution in [0.3, 0.4) is 0 Å². The zero-order valence-electron chi connectivity index (χ0n) is 25.2. The first-order valence-electron chi connectivity index (χ1n) is 15.6. The highest BCUT2D eigenvalue weighted by atomic mass is 16.1. The minimum Gasteiger partial charge on any atom is -0.361 e. The molecule has 2 aliphatic rings. The summed E-state index contributed by atoms with van der Waals surface area (Å²) in [5.41, 5.74) is -1.12. The number of nitrogens with one attached hydrogen (secondary N) is 2. The van der Waals surface area contributed by atoms with Crippen molar-refractivity contribution < 1.29 is 9.59 Å². The summed E-state index contributed by atoms with van der Waals surface area (Å²) >= 11 is 0. The van der Waals surface area contributed by atoms with Crippen molar-refractivity contribution in [3.8, 4) is 0 Å². The Morgan fingerprint density at radius 2 is 1.05 bits per heavy atom. The normalized spacial score (nSPS) is 22.4. The maximum Gasteiger partial charge on any atom is 0.178 e. The molecule has 2 N–H and O–H groups in total. The molecule has 0 saturated heterocycles. The van der Waals surface area contributed by atoms with Crippen molar-refractivity contribution in [3.05, 3.63) is 24.8 Å². The Labute approximate surface area is 233 Å². The molecule has 2 rings (SSSR count). The van der Waals surface area contributed by atoms with Gasteiger partial charge in [-0.3, -0.25) is 9.59 Å². The fourth-order valence-electron chi connectivity index (χ4n) is 5.74. The van der Waals surface area contributed by atoms with Gasteiger partial charge in [0.2, 0.25) is 0 Å². The smallest absolute Gasteiger partial charge is 0.178 e. The lowest BCUT2D eigenvalue weighted by atomic mass is 9.92. The van der Waals surface area contributed by atoms with Crippen LogP contribution in [0.1, 0.15) is 118 Å². The van der Waals surface area contributed by atoms with E-state index in [0.717, 1.165) is 103 Å². The van der Waals surface area contributed by atoms with Crippen LogP contribution in [-0.4, -0.2) is 70.8 Å². The van der Waals surface area contributed by atoms with Crippen molar-refractivity contribution in [3.63, 3.8) is 0 Å². The van der Waals surface area contributed by atoms with Gasteiger partial charge in [-0.05, 0) is 71.5 Å². The molecule has 0 aliphatic carbocycles. The first kappa shape index (κ1) is 32.2. The minimum atomic E-state index is -0.561. The van der Waals surface area contributed by atoms with Crippen LogP contribution < -0.4 is 10.6 Å². The maximum atomic E-state index is 13.5. The van der Waals surface area contributed by atoms with E-state index < -0.39 is 11.3 Å². The predicted molar refractivity (Wildman–Crippen MR) is 158 cm³/mol. The van der Waals surface area contributed by atoms with E-state index in [1.165, 1.54) is 0 Å². The quantitative estimate of drug-likeness (QED) is 0.185. The molecule has 0 amide bonds. The van der Waals surface area contributed by atoms with Gasteiger partial charge >= 0.3 is 0 Å². The van der Waals surface area contributed by atoms with E-state index in [-0.39, 0.29) is 0 Å². The molecular weight excluding hydrogens is 474 g/mol. The van der Waals surface area contributed by atoms with Gasteiger partial charge in [0.1, 0.15) is 0 Å². The van der Waals surface area contributed by atoms with E-state index in [0.29, 0.717) is 24.4 Å². The van der Waals surface area contributed by atoms with E-state index in [4.69, 9.17) is 0 Å². The fourth-order valence-corrected chi connectivity index (χ4v) is 5.74. The minimum absolute atomic E-state index is 0.306. The lowest BCUT2D eigenvalue weighted by molar-refractivity contribution is -0.131. The molecule has 2 heterocycles. The summed E-state index contributed by atoms with van der Waals surface area (Å²) in [4.78, 5) is 33.7. The molecule has 0 aromatic carbocycles. The summed E-state index contributed by atoms with van der Waals surface area (Å²) in [5, 5.41) is 6.88. The number of hydrogen-bond acceptors (Lipinski definition) is 7. The summed E-state index contributed by atoms with van der Waals surface area (Å²) in [6.45, 7) is 12.3. The van der Waals surface area contributed by atoms with E-state index in [2.05, 4.69) is 72.5 Å². The number of unbranched alkanes of at least 4 members (excludes halogenated alkanes) is 4. The van der Waals surface area contributed by atoms with E-state index in [1.807, 2.05) is 12.4 Å². The predicted octanol–water partition coefficient (Wildman–Crippen LogP) is 5.74. The fraction of sp³-hybridized carbons (Fsp3) is 0.806. The second kappa shape index (κ2) is 16.8. The zero-order valence-corrected chi connectivity index (χ0v) is 25.2. The van der Waals surface area contributed by atoms with E-state index >= 15 is 0 Å². The van der Waals surface area contributed by atoms with Crippen molar-refractivity contribution in [1.82, 2.24) is 25.3 Å². The first-order valence-corrected chi connectivity index (χ1v) is 15.6. The van der Waals surface area contributed by atoms with E-state index in [9.17, 15) is 9.59 Å². The average molecular weight is 532 g/mol. The van der Waals surface area contributed by atoms with Crippen LogP contribution >= 0.6 is 0 Å². The van der Waals surface area contributed by atoms with Gasteiger partial charge < -0.3 is 25.3 Å². The highest BCUT2D eigenvalue weighted by Gasteiger charge is 2.44. The van der Waals surface area contributed by atoms with Gasteiger partial charge in [-0.1, -0.05) is 53.4 Å². The molecule has 7 nitrogen and oxygen atoms in total. The van der Waals surface area contributed by atoms with Crippen molar-refractivity contribution in [1.29, 1.82) is 0 Å². The molecule has 0 fully saturated rings. The number of rotatable bonds is 22. The molecule has 2 unspecified atom stereocenters. The van der Waals surface area contributed by atoms with Crippen molar-refractivity contribution >= 4 is 11.6 Å². The van der Waals surface area contributed by atoms with Gasteiger partial charge in [-0.2, -0.15) is 0 Å². The SMILES string of the molecule is CCCCN1C=CNC1(CCCC)C(=O)CCCN(C)CCCC(=O)C1(CCCC)NC=CN1CCCC. The van der Waals surface area contributed by atoms with Crippen molar-refractivity contribution in [2.45, 2.75) is 129 Å². The Kier molecular flexibility index (Phi) is 14.3. The average Bonchev–Trinajstić information content (AvgIpc) is 3.53. The van der Waals surface area contributed by atoms with E-state index in [1.54, 1.807) is 0 Å². The standard InChI is InChI=1S/C31H57N5O2/c1-6-10-18-30(32-20-26-35(30)24-12-8-3)28(37)16-14-22-34(5)23-15-17-29(38)31(19-11-7-2)33-21-27-36(31)25-13-9-4/h20-21,26-27,32-33H,6-19,22-25H2,1-5H3. The molecule has 0 spiro atoms. The zero-order chi connectivity index (χ0) is 27.9. The summed E-state index contributed by atoms with van der Waals surface area (Å²) in [6, 6.07) is 0. The highest BCUT2D eigenvalue weighted by Crippen LogP contribution is 2.29. The van der Waals surface area contributed by atoms with Gasteiger partial charge in [-0.25, -0.2) is 0 Å². The molecule has 38 heavy (non-hydrogen) atoms.